The van der Waals surface area contributed by atoms with Crippen LogP contribution < -0.4 is 5.32 Å². The Morgan fingerprint density at radius 3 is 2.95 bits per heavy atom. The number of thiazole rings is 1. The van der Waals surface area contributed by atoms with Crippen molar-refractivity contribution < 1.29 is 9.59 Å². The van der Waals surface area contributed by atoms with Gasteiger partial charge in [0.1, 0.15) is 5.71 Å². The molecule has 0 unspecified atom stereocenters. The number of carbonyl (C=O) groups excluding carboxylic acids is 2. The van der Waals surface area contributed by atoms with Gasteiger partial charge in [0, 0.05) is 25.3 Å². The van der Waals surface area contributed by atoms with E-state index < -0.39 is 0 Å². The Balaban J connectivity index is 1.91. The maximum Gasteiger partial charge on any atom is 0.267 e. The molecule has 1 N–H and O–H groups in total. The highest BCUT2D eigenvalue weighted by Gasteiger charge is 2.21. The molecule has 1 aromatic rings. The van der Waals surface area contributed by atoms with Crippen LogP contribution in [0.3, 0.4) is 0 Å². The van der Waals surface area contributed by atoms with E-state index in [9.17, 15) is 9.59 Å². The number of hydrogen-bond acceptors (Lipinski definition) is 5. The maximum atomic E-state index is 11.9. The summed E-state index contributed by atoms with van der Waals surface area (Å²) in [4.78, 5) is 27.5. The number of hydrazone groups is 1. The molecule has 2 amide bonds. The van der Waals surface area contributed by atoms with Crippen LogP contribution in [-0.4, -0.2) is 34.6 Å². The largest absolute Gasteiger partial charge is 0.345 e. The number of aromatic nitrogens is 1. The molecule has 6 nitrogen and oxygen atoms in total. The SMILES string of the molecule is CCc1nc(CNC(=O)C2=NN(C)C(=O)CC2)cs1. The second kappa shape index (κ2) is 5.92. The maximum absolute atomic E-state index is 11.9. The summed E-state index contributed by atoms with van der Waals surface area (Å²) in [5, 5.41) is 11.0. The van der Waals surface area contributed by atoms with Crippen molar-refractivity contribution in [1.82, 2.24) is 15.3 Å². The molecule has 0 saturated heterocycles. The summed E-state index contributed by atoms with van der Waals surface area (Å²) in [5.74, 6) is -0.297. The van der Waals surface area contributed by atoms with Crippen LogP contribution in [-0.2, 0) is 22.6 Å². The van der Waals surface area contributed by atoms with Gasteiger partial charge in [-0.15, -0.1) is 11.3 Å². The first-order valence-electron chi connectivity index (χ1n) is 6.15. The zero-order valence-electron chi connectivity index (χ0n) is 11.0. The van der Waals surface area contributed by atoms with Gasteiger partial charge >= 0.3 is 0 Å². The van der Waals surface area contributed by atoms with E-state index in [1.54, 1.807) is 18.4 Å². The lowest BCUT2D eigenvalue weighted by Crippen LogP contribution is -2.37. The Morgan fingerprint density at radius 1 is 1.53 bits per heavy atom. The van der Waals surface area contributed by atoms with E-state index >= 15 is 0 Å². The van der Waals surface area contributed by atoms with E-state index in [4.69, 9.17) is 0 Å². The molecule has 19 heavy (non-hydrogen) atoms. The Bertz CT molecular complexity index is 524. The lowest BCUT2D eigenvalue weighted by molar-refractivity contribution is -0.130. The molecule has 0 radical (unpaired) electrons. The standard InChI is InChI=1S/C12H16N4O2S/c1-3-10-14-8(7-19-10)6-13-12(18)9-4-5-11(17)16(2)15-9/h7H,3-6H2,1-2H3,(H,13,18). The van der Waals surface area contributed by atoms with Gasteiger partial charge in [-0.2, -0.15) is 5.10 Å². The molecule has 1 aliphatic rings. The van der Waals surface area contributed by atoms with Crippen LogP contribution in [0.1, 0.15) is 30.5 Å². The number of nitrogens with one attached hydrogen (secondary N) is 1. The monoisotopic (exact) mass is 280 g/mol. The number of nitrogens with zero attached hydrogens (tertiary/aromatic N) is 3. The predicted molar refractivity (Wildman–Crippen MR) is 72.8 cm³/mol. The quantitative estimate of drug-likeness (QED) is 0.891. The summed E-state index contributed by atoms with van der Waals surface area (Å²) >= 11 is 1.59. The number of aryl methyl sites for hydroxylation is 1. The van der Waals surface area contributed by atoms with Crippen molar-refractivity contribution in [1.29, 1.82) is 0 Å². The number of rotatable bonds is 4. The number of carbonyl (C=O) groups is 2. The lowest BCUT2D eigenvalue weighted by Gasteiger charge is -2.18. The van der Waals surface area contributed by atoms with Crippen LogP contribution in [0.2, 0.25) is 0 Å². The fourth-order valence-corrected chi connectivity index (χ4v) is 2.44. The van der Waals surface area contributed by atoms with Crippen molar-refractivity contribution in [2.24, 2.45) is 5.10 Å². The third-order valence-corrected chi connectivity index (χ3v) is 3.84. The van der Waals surface area contributed by atoms with Gasteiger partial charge in [-0.1, -0.05) is 6.92 Å². The molecule has 0 bridgehead atoms. The Kier molecular flexibility index (Phi) is 4.26. The molecule has 0 fully saturated rings. The summed E-state index contributed by atoms with van der Waals surface area (Å²) in [6, 6.07) is 0. The second-order valence-electron chi connectivity index (χ2n) is 4.23. The van der Waals surface area contributed by atoms with Gasteiger partial charge in [-0.05, 0) is 6.42 Å². The van der Waals surface area contributed by atoms with Crippen LogP contribution in [0.15, 0.2) is 10.5 Å². The molecule has 1 aromatic heterocycles. The summed E-state index contributed by atoms with van der Waals surface area (Å²) in [5.41, 5.74) is 1.25. The Labute approximate surface area is 115 Å². The average Bonchev–Trinajstić information content (AvgIpc) is 2.87. The molecule has 0 spiro atoms. The van der Waals surface area contributed by atoms with Gasteiger partial charge < -0.3 is 5.32 Å². The van der Waals surface area contributed by atoms with Crippen molar-refractivity contribution in [3.63, 3.8) is 0 Å². The zero-order chi connectivity index (χ0) is 13.8. The molecule has 7 heteroatoms. The van der Waals surface area contributed by atoms with Crippen LogP contribution >= 0.6 is 11.3 Å². The zero-order valence-corrected chi connectivity index (χ0v) is 11.8. The van der Waals surface area contributed by atoms with E-state index in [1.165, 1.54) is 5.01 Å². The molecular formula is C12H16N4O2S. The summed E-state index contributed by atoms with van der Waals surface area (Å²) < 4.78 is 0. The van der Waals surface area contributed by atoms with Crippen molar-refractivity contribution in [2.45, 2.75) is 32.7 Å². The fourth-order valence-electron chi connectivity index (χ4n) is 1.70. The molecule has 0 saturated carbocycles. The van der Waals surface area contributed by atoms with E-state index in [0.29, 0.717) is 25.1 Å². The Hall–Kier alpha value is -1.76. The predicted octanol–water partition coefficient (Wildman–Crippen LogP) is 0.930. The minimum absolute atomic E-state index is 0.0661. The molecule has 1 aliphatic heterocycles. The lowest BCUT2D eigenvalue weighted by atomic mass is 10.1. The van der Waals surface area contributed by atoms with E-state index in [2.05, 4.69) is 15.4 Å². The van der Waals surface area contributed by atoms with Crippen molar-refractivity contribution in [3.05, 3.63) is 16.1 Å². The van der Waals surface area contributed by atoms with Gasteiger partial charge in [0.2, 0.25) is 5.91 Å². The van der Waals surface area contributed by atoms with Crippen LogP contribution in [0.4, 0.5) is 0 Å². The summed E-state index contributed by atoms with van der Waals surface area (Å²) in [6.07, 6.45) is 1.63. The minimum atomic E-state index is -0.231. The first-order valence-corrected chi connectivity index (χ1v) is 7.03. The third kappa shape index (κ3) is 3.37. The smallest absolute Gasteiger partial charge is 0.267 e. The van der Waals surface area contributed by atoms with Gasteiger partial charge in [-0.25, -0.2) is 9.99 Å². The van der Waals surface area contributed by atoms with Gasteiger partial charge in [0.15, 0.2) is 0 Å². The van der Waals surface area contributed by atoms with Gasteiger partial charge in [-0.3, -0.25) is 9.59 Å². The Morgan fingerprint density at radius 2 is 2.32 bits per heavy atom. The highest BCUT2D eigenvalue weighted by Crippen LogP contribution is 2.10. The average molecular weight is 280 g/mol. The van der Waals surface area contributed by atoms with E-state index in [-0.39, 0.29) is 11.8 Å². The van der Waals surface area contributed by atoms with E-state index in [0.717, 1.165) is 17.1 Å². The van der Waals surface area contributed by atoms with Gasteiger partial charge in [0.25, 0.3) is 5.91 Å². The highest BCUT2D eigenvalue weighted by atomic mass is 32.1. The fraction of sp³-hybridized carbons (Fsp3) is 0.500. The van der Waals surface area contributed by atoms with E-state index in [1.807, 2.05) is 12.3 Å². The molecule has 0 atom stereocenters. The van der Waals surface area contributed by atoms with Crippen LogP contribution in [0.25, 0.3) is 0 Å². The van der Waals surface area contributed by atoms with Crippen molar-refractivity contribution in [2.75, 3.05) is 7.05 Å². The molecular weight excluding hydrogens is 264 g/mol. The molecule has 2 heterocycles. The van der Waals surface area contributed by atoms with Crippen molar-refractivity contribution >= 4 is 28.9 Å². The summed E-state index contributed by atoms with van der Waals surface area (Å²) in [6.45, 7) is 2.44. The number of hydrogen-bond donors (Lipinski definition) is 1. The second-order valence-corrected chi connectivity index (χ2v) is 5.18. The van der Waals surface area contributed by atoms with Crippen LogP contribution in [0.5, 0.6) is 0 Å². The molecule has 0 aliphatic carbocycles. The minimum Gasteiger partial charge on any atom is -0.345 e. The normalized spacial score (nSPS) is 15.4. The number of amides is 2. The third-order valence-electron chi connectivity index (χ3n) is 2.80. The molecule has 102 valence electrons. The topological polar surface area (TPSA) is 74.7 Å². The van der Waals surface area contributed by atoms with Gasteiger partial charge in [0.05, 0.1) is 17.2 Å². The van der Waals surface area contributed by atoms with Crippen LogP contribution in [0, 0.1) is 0 Å². The van der Waals surface area contributed by atoms with Crippen molar-refractivity contribution in [3.8, 4) is 0 Å². The molecule has 2 rings (SSSR count). The highest BCUT2D eigenvalue weighted by molar-refractivity contribution is 7.09. The summed E-state index contributed by atoms with van der Waals surface area (Å²) in [7, 11) is 1.56. The first-order chi connectivity index (χ1) is 9.10. The first kappa shape index (κ1) is 13.7. The molecule has 0 aromatic carbocycles.